The fourth-order valence-corrected chi connectivity index (χ4v) is 2.80. The highest BCUT2D eigenvalue weighted by atomic mass is 79.9. The monoisotopic (exact) mass is 341 g/mol. The number of benzene rings is 2. The van der Waals surface area contributed by atoms with Crippen molar-refractivity contribution in [2.24, 2.45) is 0 Å². The lowest BCUT2D eigenvalue weighted by atomic mass is 10.1. The molecule has 2 N–H and O–H groups in total. The van der Waals surface area contributed by atoms with E-state index in [0.717, 1.165) is 15.7 Å². The smallest absolute Gasteiger partial charge is 0.115 e. The molecule has 0 aliphatic rings. The third kappa shape index (κ3) is 3.16. The van der Waals surface area contributed by atoms with E-state index >= 15 is 0 Å². The molecule has 0 amide bonds. The molecule has 0 aliphatic carbocycles. The number of aromatic nitrogens is 2. The van der Waals surface area contributed by atoms with Gasteiger partial charge in [-0.15, -0.1) is 0 Å². The van der Waals surface area contributed by atoms with E-state index in [0.29, 0.717) is 12.2 Å². The second-order valence-electron chi connectivity index (χ2n) is 5.13. The SMILES string of the molecule is Cc1cccc(-c2nn(Cc3cccc(Br)c3)cc2N)c1. The maximum Gasteiger partial charge on any atom is 0.115 e. The number of nitrogens with two attached hydrogens (primary N) is 1. The van der Waals surface area contributed by atoms with Crippen molar-refractivity contribution < 1.29 is 0 Å². The highest BCUT2D eigenvalue weighted by Gasteiger charge is 2.09. The molecule has 0 aliphatic heterocycles. The molecule has 21 heavy (non-hydrogen) atoms. The molecule has 2 aromatic carbocycles. The van der Waals surface area contributed by atoms with E-state index < -0.39 is 0 Å². The van der Waals surface area contributed by atoms with Crippen LogP contribution in [0.4, 0.5) is 5.69 Å². The number of hydrogen-bond acceptors (Lipinski definition) is 2. The van der Waals surface area contributed by atoms with Crippen LogP contribution in [0.1, 0.15) is 11.1 Å². The summed E-state index contributed by atoms with van der Waals surface area (Å²) in [6, 6.07) is 16.4. The van der Waals surface area contributed by atoms with Crippen molar-refractivity contribution in [2.75, 3.05) is 5.73 Å². The van der Waals surface area contributed by atoms with Crippen LogP contribution in [0.2, 0.25) is 0 Å². The van der Waals surface area contributed by atoms with Crippen LogP contribution in [-0.4, -0.2) is 9.78 Å². The first-order valence-corrected chi connectivity index (χ1v) is 7.55. The minimum absolute atomic E-state index is 0.704. The number of aryl methyl sites for hydroxylation is 1. The second-order valence-corrected chi connectivity index (χ2v) is 6.05. The van der Waals surface area contributed by atoms with Crippen LogP contribution in [0.25, 0.3) is 11.3 Å². The molecule has 3 aromatic rings. The summed E-state index contributed by atoms with van der Waals surface area (Å²) in [5.74, 6) is 0. The number of anilines is 1. The van der Waals surface area contributed by atoms with Crippen molar-refractivity contribution >= 4 is 21.6 Å². The Hall–Kier alpha value is -2.07. The summed E-state index contributed by atoms with van der Waals surface area (Å²) in [5.41, 5.74) is 11.1. The lowest BCUT2D eigenvalue weighted by molar-refractivity contribution is 0.689. The van der Waals surface area contributed by atoms with Crippen molar-refractivity contribution in [1.82, 2.24) is 9.78 Å². The van der Waals surface area contributed by atoms with Crippen LogP contribution >= 0.6 is 15.9 Å². The van der Waals surface area contributed by atoms with E-state index in [1.807, 2.05) is 35.1 Å². The Kier molecular flexibility index (Phi) is 3.80. The molecular weight excluding hydrogens is 326 g/mol. The summed E-state index contributed by atoms with van der Waals surface area (Å²) in [6.07, 6.45) is 1.89. The molecular formula is C17H16BrN3. The first-order chi connectivity index (χ1) is 10.1. The number of nitrogens with zero attached hydrogens (tertiary/aromatic N) is 2. The van der Waals surface area contributed by atoms with E-state index in [4.69, 9.17) is 5.73 Å². The van der Waals surface area contributed by atoms with Crippen LogP contribution in [0.3, 0.4) is 0 Å². The molecule has 1 aromatic heterocycles. The zero-order chi connectivity index (χ0) is 14.8. The normalized spacial score (nSPS) is 10.8. The van der Waals surface area contributed by atoms with Gasteiger partial charge in [0.2, 0.25) is 0 Å². The molecule has 106 valence electrons. The minimum Gasteiger partial charge on any atom is -0.396 e. The number of hydrogen-bond donors (Lipinski definition) is 1. The zero-order valence-electron chi connectivity index (χ0n) is 11.8. The highest BCUT2D eigenvalue weighted by Crippen LogP contribution is 2.25. The van der Waals surface area contributed by atoms with Crippen LogP contribution in [0, 0.1) is 6.92 Å². The molecule has 0 radical (unpaired) electrons. The fraction of sp³-hybridized carbons (Fsp3) is 0.118. The van der Waals surface area contributed by atoms with Gasteiger partial charge in [0, 0.05) is 16.2 Å². The topological polar surface area (TPSA) is 43.8 Å². The fourth-order valence-electron chi connectivity index (χ4n) is 2.36. The Balaban J connectivity index is 1.91. The van der Waals surface area contributed by atoms with Gasteiger partial charge in [-0.05, 0) is 30.7 Å². The molecule has 0 fully saturated rings. The third-order valence-electron chi connectivity index (χ3n) is 3.32. The van der Waals surface area contributed by atoms with Gasteiger partial charge in [0.25, 0.3) is 0 Å². The second kappa shape index (κ2) is 5.74. The molecule has 0 atom stereocenters. The summed E-state index contributed by atoms with van der Waals surface area (Å²) >= 11 is 3.49. The maximum absolute atomic E-state index is 6.11. The van der Waals surface area contributed by atoms with Gasteiger partial charge in [0.1, 0.15) is 5.69 Å². The van der Waals surface area contributed by atoms with Crippen LogP contribution in [0.5, 0.6) is 0 Å². The minimum atomic E-state index is 0.704. The van der Waals surface area contributed by atoms with Gasteiger partial charge in [0.05, 0.1) is 12.2 Å². The van der Waals surface area contributed by atoms with Crippen molar-refractivity contribution in [3.05, 3.63) is 70.3 Å². The first kappa shape index (κ1) is 13.9. The predicted molar refractivity (Wildman–Crippen MR) is 90.1 cm³/mol. The first-order valence-electron chi connectivity index (χ1n) is 6.76. The summed E-state index contributed by atoms with van der Waals surface area (Å²) in [6.45, 7) is 2.77. The van der Waals surface area contributed by atoms with Crippen molar-refractivity contribution in [3.63, 3.8) is 0 Å². The lowest BCUT2D eigenvalue weighted by Crippen LogP contribution is -2.00. The summed E-state index contributed by atoms with van der Waals surface area (Å²) in [5, 5.41) is 4.62. The highest BCUT2D eigenvalue weighted by molar-refractivity contribution is 9.10. The number of nitrogen functional groups attached to an aromatic ring is 1. The molecule has 1 heterocycles. The largest absolute Gasteiger partial charge is 0.396 e. The predicted octanol–water partition coefficient (Wildman–Crippen LogP) is 4.25. The van der Waals surface area contributed by atoms with Gasteiger partial charge in [-0.25, -0.2) is 0 Å². The molecule has 0 saturated heterocycles. The number of rotatable bonds is 3. The van der Waals surface area contributed by atoms with Crippen LogP contribution < -0.4 is 5.73 Å². The molecule has 0 saturated carbocycles. The van der Waals surface area contributed by atoms with E-state index in [1.54, 1.807) is 0 Å². The van der Waals surface area contributed by atoms with Crippen molar-refractivity contribution in [2.45, 2.75) is 13.5 Å². The summed E-state index contributed by atoms with van der Waals surface area (Å²) in [7, 11) is 0. The Bertz CT molecular complexity index is 777. The van der Waals surface area contributed by atoms with Crippen molar-refractivity contribution in [1.29, 1.82) is 0 Å². The van der Waals surface area contributed by atoms with Gasteiger partial charge in [-0.2, -0.15) is 5.10 Å². The zero-order valence-corrected chi connectivity index (χ0v) is 13.3. The molecule has 3 rings (SSSR count). The molecule has 4 heteroatoms. The maximum atomic E-state index is 6.11. The van der Waals surface area contributed by atoms with Gasteiger partial charge in [-0.3, -0.25) is 4.68 Å². The molecule has 0 bridgehead atoms. The average molecular weight is 342 g/mol. The summed E-state index contributed by atoms with van der Waals surface area (Å²) < 4.78 is 2.95. The van der Waals surface area contributed by atoms with Gasteiger partial charge in [0.15, 0.2) is 0 Å². The van der Waals surface area contributed by atoms with E-state index in [-0.39, 0.29) is 0 Å². The Morgan fingerprint density at radius 3 is 2.71 bits per heavy atom. The van der Waals surface area contributed by atoms with Crippen LogP contribution in [-0.2, 0) is 6.54 Å². The Morgan fingerprint density at radius 1 is 1.14 bits per heavy atom. The van der Waals surface area contributed by atoms with Gasteiger partial charge >= 0.3 is 0 Å². The van der Waals surface area contributed by atoms with Gasteiger partial charge < -0.3 is 5.73 Å². The number of halogens is 1. The summed E-state index contributed by atoms with van der Waals surface area (Å²) in [4.78, 5) is 0. The molecule has 0 unspecified atom stereocenters. The average Bonchev–Trinajstić information content (AvgIpc) is 2.79. The van der Waals surface area contributed by atoms with Gasteiger partial charge in [-0.1, -0.05) is 51.8 Å². The third-order valence-corrected chi connectivity index (χ3v) is 3.81. The lowest BCUT2D eigenvalue weighted by Gasteiger charge is -2.03. The quantitative estimate of drug-likeness (QED) is 0.773. The Morgan fingerprint density at radius 2 is 1.95 bits per heavy atom. The Labute approximate surface area is 132 Å². The van der Waals surface area contributed by atoms with E-state index in [2.05, 4.69) is 52.2 Å². The van der Waals surface area contributed by atoms with E-state index in [9.17, 15) is 0 Å². The van der Waals surface area contributed by atoms with E-state index in [1.165, 1.54) is 11.1 Å². The van der Waals surface area contributed by atoms with Crippen LogP contribution in [0.15, 0.2) is 59.2 Å². The molecule has 3 nitrogen and oxygen atoms in total. The molecule has 0 spiro atoms. The standard InChI is InChI=1S/C17H16BrN3/c1-12-4-2-6-14(8-12)17-16(19)11-21(20-17)10-13-5-3-7-15(18)9-13/h2-9,11H,10,19H2,1H3. The van der Waals surface area contributed by atoms with Crippen molar-refractivity contribution in [3.8, 4) is 11.3 Å².